The zero-order chi connectivity index (χ0) is 18.3. The van der Waals surface area contributed by atoms with Crippen molar-refractivity contribution < 1.29 is 4.74 Å². The van der Waals surface area contributed by atoms with E-state index in [1.54, 1.807) is 23.1 Å². The molecular weight excluding hydrogens is 364 g/mol. The number of ether oxygens (including phenoxy) is 1. The molecule has 0 aromatic carbocycles. The summed E-state index contributed by atoms with van der Waals surface area (Å²) in [5.41, 5.74) is 1.49. The van der Waals surface area contributed by atoms with Gasteiger partial charge in [0.2, 0.25) is 5.43 Å². The van der Waals surface area contributed by atoms with Crippen LogP contribution in [0.5, 0.6) is 0 Å². The lowest BCUT2D eigenvalue weighted by molar-refractivity contribution is -0.0386. The van der Waals surface area contributed by atoms with Crippen molar-refractivity contribution in [3.63, 3.8) is 0 Å². The average Bonchev–Trinajstić information content (AvgIpc) is 3.00. The van der Waals surface area contributed by atoms with E-state index in [1.165, 1.54) is 32.1 Å². The van der Waals surface area contributed by atoms with Gasteiger partial charge in [0.1, 0.15) is 10.3 Å². The van der Waals surface area contributed by atoms with E-state index in [0.717, 1.165) is 32.6 Å². The van der Waals surface area contributed by atoms with Crippen LogP contribution in [0.4, 0.5) is 0 Å². The summed E-state index contributed by atoms with van der Waals surface area (Å²) in [6, 6.07) is 0.489. The molecular formula is C20H28N2O2S2. The number of rotatable bonds is 4. The minimum atomic E-state index is -0.266. The molecule has 2 aromatic heterocycles. The molecule has 0 N–H and O–H groups in total. The van der Waals surface area contributed by atoms with Gasteiger partial charge in [-0.25, -0.2) is 4.98 Å². The van der Waals surface area contributed by atoms with E-state index < -0.39 is 0 Å². The molecule has 6 heteroatoms. The maximum absolute atomic E-state index is 13.2. The zero-order valence-corrected chi connectivity index (χ0v) is 17.6. The third-order valence-electron chi connectivity index (χ3n) is 5.45. The first-order valence-electron chi connectivity index (χ1n) is 9.83. The first kappa shape index (κ1) is 18.5. The van der Waals surface area contributed by atoms with Crippen LogP contribution in [-0.4, -0.2) is 20.9 Å². The van der Waals surface area contributed by atoms with Crippen LogP contribution in [0.2, 0.25) is 0 Å². The first-order chi connectivity index (χ1) is 12.5. The number of aromatic nitrogens is 2. The highest BCUT2D eigenvalue weighted by molar-refractivity contribution is 7.99. The standard InChI is InChI=1S/C20H28N2O2S2/c1-4-10-25-19-21-16-17(23)14-11-20(2,3)24-12-15(14)26-18(16)22(19)13-8-6-5-7-9-13/h13H,4-12H2,1-3H3. The Morgan fingerprint density at radius 1 is 1.31 bits per heavy atom. The highest BCUT2D eigenvalue weighted by Gasteiger charge is 2.31. The Morgan fingerprint density at radius 3 is 2.81 bits per heavy atom. The minimum Gasteiger partial charge on any atom is -0.370 e. The van der Waals surface area contributed by atoms with Crippen LogP contribution < -0.4 is 5.43 Å². The Hall–Kier alpha value is -0.850. The number of thioether (sulfide) groups is 1. The second-order valence-electron chi connectivity index (χ2n) is 8.12. The summed E-state index contributed by atoms with van der Waals surface area (Å²) >= 11 is 3.55. The Kier molecular flexibility index (Phi) is 5.19. The van der Waals surface area contributed by atoms with Crippen molar-refractivity contribution in [1.82, 2.24) is 9.55 Å². The van der Waals surface area contributed by atoms with Crippen LogP contribution >= 0.6 is 23.1 Å². The molecule has 0 amide bonds. The second kappa shape index (κ2) is 7.28. The SMILES string of the molecule is CCCSc1nc2c(=O)c3c(sc2n1C1CCCCC1)COC(C)(C)C3. The molecule has 1 aliphatic heterocycles. The van der Waals surface area contributed by atoms with Crippen LogP contribution in [-0.2, 0) is 17.8 Å². The fourth-order valence-electron chi connectivity index (χ4n) is 4.08. The summed E-state index contributed by atoms with van der Waals surface area (Å²) in [6.07, 6.45) is 8.08. The molecule has 1 aliphatic carbocycles. The largest absolute Gasteiger partial charge is 0.370 e. The summed E-state index contributed by atoms with van der Waals surface area (Å²) < 4.78 is 8.39. The topological polar surface area (TPSA) is 44.1 Å². The molecule has 1 fully saturated rings. The van der Waals surface area contributed by atoms with Crippen molar-refractivity contribution in [2.75, 3.05) is 5.75 Å². The molecule has 0 radical (unpaired) electrons. The van der Waals surface area contributed by atoms with E-state index in [4.69, 9.17) is 9.72 Å². The molecule has 2 aliphatic rings. The molecule has 4 nitrogen and oxygen atoms in total. The van der Waals surface area contributed by atoms with E-state index >= 15 is 0 Å². The van der Waals surface area contributed by atoms with Gasteiger partial charge < -0.3 is 9.30 Å². The van der Waals surface area contributed by atoms with Crippen LogP contribution in [0.3, 0.4) is 0 Å². The molecule has 0 unspecified atom stereocenters. The van der Waals surface area contributed by atoms with Crippen molar-refractivity contribution in [3.8, 4) is 0 Å². The predicted octanol–water partition coefficient (Wildman–Crippen LogP) is 5.32. The summed E-state index contributed by atoms with van der Waals surface area (Å²) in [7, 11) is 0. The molecule has 0 spiro atoms. The second-order valence-corrected chi connectivity index (χ2v) is 10.3. The van der Waals surface area contributed by atoms with Gasteiger partial charge in [-0.2, -0.15) is 0 Å². The van der Waals surface area contributed by atoms with E-state index in [9.17, 15) is 4.79 Å². The maximum atomic E-state index is 13.2. The molecule has 142 valence electrons. The lowest BCUT2D eigenvalue weighted by Crippen LogP contribution is -2.34. The third kappa shape index (κ3) is 3.36. The fraction of sp³-hybridized carbons (Fsp3) is 0.700. The van der Waals surface area contributed by atoms with Crippen LogP contribution in [0, 0.1) is 0 Å². The number of fused-ring (bicyclic) bond motifs is 2. The molecule has 1 saturated carbocycles. The number of hydrogen-bond acceptors (Lipinski definition) is 5. The van der Waals surface area contributed by atoms with Gasteiger partial charge in [0.25, 0.3) is 0 Å². The lowest BCUT2D eigenvalue weighted by atomic mass is 9.95. The Labute approximate surface area is 163 Å². The third-order valence-corrected chi connectivity index (χ3v) is 7.80. The van der Waals surface area contributed by atoms with Crippen molar-refractivity contribution in [2.24, 2.45) is 0 Å². The highest BCUT2D eigenvalue weighted by atomic mass is 32.2. The quantitative estimate of drug-likeness (QED) is 0.661. The van der Waals surface area contributed by atoms with Gasteiger partial charge >= 0.3 is 0 Å². The van der Waals surface area contributed by atoms with Gasteiger partial charge in [0.05, 0.1) is 12.2 Å². The number of nitrogens with zero attached hydrogens (tertiary/aromatic N) is 2. The Balaban J connectivity index is 1.87. The smallest absolute Gasteiger partial charge is 0.211 e. The monoisotopic (exact) mass is 392 g/mol. The maximum Gasteiger partial charge on any atom is 0.211 e. The van der Waals surface area contributed by atoms with E-state index in [2.05, 4.69) is 25.3 Å². The fourth-order valence-corrected chi connectivity index (χ4v) is 6.27. The molecule has 0 bridgehead atoms. The molecule has 3 heterocycles. The average molecular weight is 393 g/mol. The van der Waals surface area contributed by atoms with Gasteiger partial charge in [-0.05, 0) is 33.1 Å². The van der Waals surface area contributed by atoms with Crippen LogP contribution in [0.1, 0.15) is 75.8 Å². The first-order valence-corrected chi connectivity index (χ1v) is 11.6. The highest BCUT2D eigenvalue weighted by Crippen LogP contribution is 2.39. The van der Waals surface area contributed by atoms with Gasteiger partial charge in [-0.1, -0.05) is 37.9 Å². The predicted molar refractivity (Wildman–Crippen MR) is 110 cm³/mol. The molecule has 26 heavy (non-hydrogen) atoms. The normalized spacial score (nSPS) is 20.4. The van der Waals surface area contributed by atoms with Gasteiger partial charge in [0, 0.05) is 28.7 Å². The number of hydrogen-bond donors (Lipinski definition) is 0. The molecule has 4 rings (SSSR count). The van der Waals surface area contributed by atoms with Crippen molar-refractivity contribution in [3.05, 3.63) is 20.7 Å². The molecule has 0 saturated heterocycles. The summed E-state index contributed by atoms with van der Waals surface area (Å²) in [5.74, 6) is 1.05. The molecule has 2 aromatic rings. The molecule has 0 atom stereocenters. The summed E-state index contributed by atoms with van der Waals surface area (Å²) in [6.45, 7) is 6.87. The van der Waals surface area contributed by atoms with E-state index in [1.807, 2.05) is 0 Å². The van der Waals surface area contributed by atoms with Crippen molar-refractivity contribution in [1.29, 1.82) is 0 Å². The summed E-state index contributed by atoms with van der Waals surface area (Å²) in [5, 5.41) is 1.05. The minimum absolute atomic E-state index is 0.137. The Bertz CT molecular complexity index is 863. The van der Waals surface area contributed by atoms with Crippen LogP contribution in [0.15, 0.2) is 9.95 Å². The van der Waals surface area contributed by atoms with Crippen molar-refractivity contribution >= 4 is 33.4 Å². The lowest BCUT2D eigenvalue weighted by Gasteiger charge is -2.31. The van der Waals surface area contributed by atoms with Crippen molar-refractivity contribution in [2.45, 2.75) is 89.1 Å². The zero-order valence-electron chi connectivity index (χ0n) is 16.0. The van der Waals surface area contributed by atoms with Gasteiger partial charge in [0.15, 0.2) is 5.16 Å². The Morgan fingerprint density at radius 2 is 2.08 bits per heavy atom. The van der Waals surface area contributed by atoms with E-state index in [0.29, 0.717) is 24.6 Å². The van der Waals surface area contributed by atoms with Crippen LogP contribution in [0.25, 0.3) is 10.3 Å². The van der Waals surface area contributed by atoms with E-state index in [-0.39, 0.29) is 11.0 Å². The number of imidazole rings is 1. The van der Waals surface area contributed by atoms with Gasteiger partial charge in [-0.3, -0.25) is 4.79 Å². The summed E-state index contributed by atoms with van der Waals surface area (Å²) in [4.78, 5) is 20.3. The van der Waals surface area contributed by atoms with Gasteiger partial charge in [-0.15, -0.1) is 11.3 Å².